The van der Waals surface area contributed by atoms with Gasteiger partial charge in [-0.2, -0.15) is 0 Å². The normalized spacial score (nSPS) is 13.2. The maximum absolute atomic E-state index is 14.2. The second-order valence-electron chi connectivity index (χ2n) is 19.3. The average Bonchev–Trinajstić information content (AvgIpc) is 3.68. The van der Waals surface area contributed by atoms with Crippen molar-refractivity contribution < 1.29 is 28.7 Å². The molecule has 1 aliphatic heterocycles. The minimum absolute atomic E-state index is 0.0228. The Kier molecular flexibility index (Phi) is 22.7. The lowest BCUT2D eigenvalue weighted by atomic mass is 9.88. The maximum Gasteiger partial charge on any atom is 0.227 e. The number of carbonyl (C=O) groups excluding carboxylic acids is 4. The van der Waals surface area contributed by atoms with E-state index in [0.717, 1.165) is 46.7 Å². The second-order valence-corrected chi connectivity index (χ2v) is 22.2. The Morgan fingerprint density at radius 1 is 0.758 bits per heavy atom. The summed E-state index contributed by atoms with van der Waals surface area (Å²) in [6, 6.07) is 15.8. The van der Waals surface area contributed by atoms with E-state index in [0.29, 0.717) is 76.0 Å². The zero-order valence-corrected chi connectivity index (χ0v) is 44.0. The van der Waals surface area contributed by atoms with Crippen LogP contribution in [0, 0.1) is 5.41 Å². The van der Waals surface area contributed by atoms with E-state index in [-0.39, 0.29) is 42.1 Å². The van der Waals surface area contributed by atoms with Crippen LogP contribution in [-0.2, 0) is 41.7 Å². The summed E-state index contributed by atoms with van der Waals surface area (Å²) in [4.78, 5) is 53.6. The molecule has 4 rings (SSSR count). The number of nitrogens with zero attached hydrogens (tertiary/aromatic N) is 4. The highest BCUT2D eigenvalue weighted by Crippen LogP contribution is 2.41. The number of carbonyl (C=O) groups is 4. The van der Waals surface area contributed by atoms with E-state index in [9.17, 15) is 19.2 Å². The summed E-state index contributed by atoms with van der Waals surface area (Å²) in [6.07, 6.45) is 4.25. The summed E-state index contributed by atoms with van der Waals surface area (Å²) in [6.45, 7) is 29.2. The molecule has 66 heavy (non-hydrogen) atoms. The van der Waals surface area contributed by atoms with Gasteiger partial charge in [0.25, 0.3) is 0 Å². The Morgan fingerprint density at radius 2 is 1.38 bits per heavy atom. The minimum atomic E-state index is -0.534. The Bertz CT molecular complexity index is 2020. The Morgan fingerprint density at radius 3 is 2.06 bits per heavy atom. The van der Waals surface area contributed by atoms with E-state index < -0.39 is 16.6 Å². The molecule has 1 unspecified atom stereocenters. The van der Waals surface area contributed by atoms with Gasteiger partial charge < -0.3 is 30.3 Å². The lowest BCUT2D eigenvalue weighted by Gasteiger charge is -2.31. The molecule has 1 aliphatic rings. The number of ether oxygens (including phenoxy) is 2. The number of hydrogen-bond acceptors (Lipinski definition) is 10. The number of anilines is 1. The monoisotopic (exact) mass is 952 g/mol. The molecule has 0 saturated carbocycles. The van der Waals surface area contributed by atoms with Crippen molar-refractivity contribution in [3.05, 3.63) is 54.1 Å². The van der Waals surface area contributed by atoms with E-state index >= 15 is 0 Å². The van der Waals surface area contributed by atoms with Gasteiger partial charge in [-0.3, -0.25) is 19.2 Å². The topological polar surface area (TPSA) is 157 Å². The van der Waals surface area contributed by atoms with Gasteiger partial charge in [-0.25, -0.2) is 4.68 Å². The third-order valence-corrected chi connectivity index (χ3v) is 14.6. The number of aryl methyl sites for hydroxylation is 1. The lowest BCUT2D eigenvalue weighted by Crippen LogP contribution is -2.45. The molecule has 15 heteroatoms. The van der Waals surface area contributed by atoms with Gasteiger partial charge >= 0.3 is 0 Å². The second kappa shape index (κ2) is 26.6. The Labute approximate surface area is 404 Å². The maximum atomic E-state index is 14.2. The Hall–Kier alpha value is -3.92. The molecule has 0 aliphatic carbocycles. The van der Waals surface area contributed by atoms with Crippen LogP contribution in [0.2, 0.25) is 0 Å². The summed E-state index contributed by atoms with van der Waals surface area (Å²) in [5.74, 6) is 0.726. The first-order valence-corrected chi connectivity index (χ1v) is 26.4. The van der Waals surface area contributed by atoms with Crippen LogP contribution in [0.25, 0.3) is 22.5 Å². The van der Waals surface area contributed by atoms with Crippen LogP contribution >= 0.6 is 21.6 Å². The van der Waals surface area contributed by atoms with E-state index in [1.807, 2.05) is 124 Å². The van der Waals surface area contributed by atoms with Crippen LogP contribution in [0.15, 0.2) is 48.5 Å². The molecule has 13 nitrogen and oxygen atoms in total. The number of amides is 4. The molecule has 0 bridgehead atoms. The summed E-state index contributed by atoms with van der Waals surface area (Å²) < 4.78 is 14.6. The van der Waals surface area contributed by atoms with Gasteiger partial charge in [0.1, 0.15) is 5.69 Å². The predicted octanol–water partition coefficient (Wildman–Crippen LogP) is 10.2. The first-order chi connectivity index (χ1) is 31.2. The van der Waals surface area contributed by atoms with Crippen LogP contribution in [0.1, 0.15) is 147 Å². The first-order valence-electron chi connectivity index (χ1n) is 24.0. The summed E-state index contributed by atoms with van der Waals surface area (Å²) in [5.41, 5.74) is 3.11. The molecule has 1 aromatic heterocycles. The van der Waals surface area contributed by atoms with Crippen LogP contribution in [0.3, 0.4) is 0 Å². The van der Waals surface area contributed by atoms with Gasteiger partial charge in [-0.1, -0.05) is 104 Å². The number of hydrogen-bond donors (Lipinski definition) is 3. The zero-order chi connectivity index (χ0) is 49.1. The van der Waals surface area contributed by atoms with Crippen molar-refractivity contribution in [3.63, 3.8) is 0 Å². The highest BCUT2D eigenvalue weighted by atomic mass is 33.1. The summed E-state index contributed by atoms with van der Waals surface area (Å²) in [5, 5.41) is 18.7. The quantitative estimate of drug-likeness (QED) is 0.0523. The highest BCUT2D eigenvalue weighted by molar-refractivity contribution is 8.76. The van der Waals surface area contributed by atoms with Gasteiger partial charge in [-0.05, 0) is 99.1 Å². The van der Waals surface area contributed by atoms with Crippen molar-refractivity contribution in [1.29, 1.82) is 0 Å². The van der Waals surface area contributed by atoms with Crippen molar-refractivity contribution in [2.24, 2.45) is 5.41 Å². The first kappa shape index (κ1) is 56.4. The Balaban J connectivity index is 0.00000570. The van der Waals surface area contributed by atoms with Crippen LogP contribution in [-0.4, -0.2) is 92.7 Å². The van der Waals surface area contributed by atoms with Crippen molar-refractivity contribution >= 4 is 50.9 Å². The molecule has 2 aromatic carbocycles. The fourth-order valence-corrected chi connectivity index (χ4v) is 10.0. The van der Waals surface area contributed by atoms with Crippen molar-refractivity contribution in [3.8, 4) is 22.5 Å². The predicted molar refractivity (Wildman–Crippen MR) is 273 cm³/mol. The molecule has 4 amide bonds. The fraction of sp³-hybridized carbons (Fsp3) is 0.647. The standard InChI is InChI=1S/C49H75N7O6S2.C2H6/c1-12-50-40(57)23-22-35(3)64-63-33-29-49(10,11)62-32-28-47(6,7)52-41(58)24-25-42(59)55-34-36-18-14-15-19-37(36)44-43(38-20-16-17-21-39(38)55)53-54-56(44)30-26-48(8,9)61-31-27-46(4,5)45(60)51-13-2;1-2/h14-21,35H,12-13,22-34H2,1-11H3,(H,50,57)(H,51,60)(H,52,58);1-2H3. The number of para-hydroxylation sites is 1. The van der Waals surface area contributed by atoms with E-state index in [1.54, 1.807) is 4.90 Å². The third-order valence-electron chi connectivity index (χ3n) is 11.6. The molecule has 0 radical (unpaired) electrons. The molecule has 1 atom stereocenters. The van der Waals surface area contributed by atoms with E-state index in [1.165, 1.54) is 0 Å². The van der Waals surface area contributed by atoms with Crippen LogP contribution < -0.4 is 20.9 Å². The third kappa shape index (κ3) is 18.0. The molecular formula is C51H81N7O6S2. The SMILES string of the molecule is CC.CCNC(=O)CCC(C)SSCCC(C)(C)OCCC(C)(C)NC(=O)CCC(=O)N1Cc2ccccc2-c2c(nnn2CCC(C)(C)OCCC(C)(C)C(=O)NCC)-c2ccccc21. The molecule has 368 valence electrons. The zero-order valence-electron chi connectivity index (χ0n) is 42.4. The van der Waals surface area contributed by atoms with Gasteiger partial charge in [0.05, 0.1) is 29.1 Å². The van der Waals surface area contributed by atoms with Crippen molar-refractivity contribution in [2.45, 2.75) is 176 Å². The van der Waals surface area contributed by atoms with Gasteiger partial charge in [0.15, 0.2) is 0 Å². The number of aromatic nitrogens is 3. The molecular weight excluding hydrogens is 871 g/mol. The molecule has 0 spiro atoms. The summed E-state index contributed by atoms with van der Waals surface area (Å²) >= 11 is 0. The summed E-state index contributed by atoms with van der Waals surface area (Å²) in [7, 11) is 3.63. The van der Waals surface area contributed by atoms with Crippen molar-refractivity contribution in [1.82, 2.24) is 30.9 Å². The van der Waals surface area contributed by atoms with Gasteiger partial charge in [0, 0.05) is 85.2 Å². The lowest BCUT2D eigenvalue weighted by molar-refractivity contribution is -0.131. The molecule has 3 aromatic rings. The van der Waals surface area contributed by atoms with Crippen LogP contribution in [0.5, 0.6) is 0 Å². The number of fused-ring (bicyclic) bond motifs is 5. The van der Waals surface area contributed by atoms with Gasteiger partial charge in [0.2, 0.25) is 23.6 Å². The molecule has 3 N–H and O–H groups in total. The largest absolute Gasteiger partial charge is 0.375 e. The van der Waals surface area contributed by atoms with Crippen molar-refractivity contribution in [2.75, 3.05) is 37.0 Å². The molecule has 2 heterocycles. The van der Waals surface area contributed by atoms with E-state index in [2.05, 4.69) is 61.8 Å². The number of benzene rings is 2. The van der Waals surface area contributed by atoms with E-state index in [4.69, 9.17) is 14.6 Å². The number of nitrogens with one attached hydrogen (secondary N) is 3. The fourth-order valence-electron chi connectivity index (χ4n) is 7.37. The number of rotatable bonds is 26. The molecule has 0 fully saturated rings. The van der Waals surface area contributed by atoms with Crippen LogP contribution in [0.4, 0.5) is 5.69 Å². The molecule has 0 saturated heterocycles. The highest BCUT2D eigenvalue weighted by Gasteiger charge is 2.32. The smallest absolute Gasteiger partial charge is 0.227 e. The average molecular weight is 952 g/mol. The van der Waals surface area contributed by atoms with Gasteiger partial charge in [-0.15, -0.1) is 5.10 Å². The minimum Gasteiger partial charge on any atom is -0.375 e.